The van der Waals surface area contributed by atoms with Crippen LogP contribution in [-0.2, 0) is 0 Å². The SMILES string of the molecule is COc1ccc2c(N)c(-c3ccc(NC(=O)NC4CCCC4)cc3)n(C3CCC3)c2c1. The third kappa shape index (κ3) is 3.71. The van der Waals surface area contributed by atoms with Gasteiger partial charge in [-0.15, -0.1) is 0 Å². The number of nitrogens with one attached hydrogen (secondary N) is 2. The first kappa shape index (κ1) is 19.8. The lowest BCUT2D eigenvalue weighted by Crippen LogP contribution is -2.36. The van der Waals surface area contributed by atoms with Gasteiger partial charge in [0.25, 0.3) is 0 Å². The van der Waals surface area contributed by atoms with Crippen LogP contribution in [0.3, 0.4) is 0 Å². The maximum atomic E-state index is 12.3. The highest BCUT2D eigenvalue weighted by Crippen LogP contribution is 2.44. The number of nitrogen functional groups attached to an aromatic ring is 1. The average Bonchev–Trinajstić information content (AvgIpc) is 3.34. The van der Waals surface area contributed by atoms with Gasteiger partial charge in [0, 0.05) is 34.8 Å². The second-order valence-corrected chi connectivity index (χ2v) is 8.76. The van der Waals surface area contributed by atoms with Gasteiger partial charge in [-0.3, -0.25) is 0 Å². The summed E-state index contributed by atoms with van der Waals surface area (Å²) in [7, 11) is 1.69. The lowest BCUT2D eigenvalue weighted by Gasteiger charge is -2.30. The van der Waals surface area contributed by atoms with E-state index in [9.17, 15) is 4.79 Å². The summed E-state index contributed by atoms with van der Waals surface area (Å²) in [6, 6.07) is 14.7. The Morgan fingerprint density at radius 2 is 1.77 bits per heavy atom. The third-order valence-electron chi connectivity index (χ3n) is 6.80. The minimum absolute atomic E-state index is 0.130. The van der Waals surface area contributed by atoms with E-state index in [1.165, 1.54) is 19.3 Å². The van der Waals surface area contributed by atoms with Gasteiger partial charge in [-0.2, -0.15) is 0 Å². The molecule has 0 spiro atoms. The van der Waals surface area contributed by atoms with Crippen molar-refractivity contribution in [1.29, 1.82) is 0 Å². The number of amides is 2. The number of nitrogens with zero attached hydrogens (tertiary/aromatic N) is 1. The van der Waals surface area contributed by atoms with Crippen molar-refractivity contribution >= 4 is 28.3 Å². The summed E-state index contributed by atoms with van der Waals surface area (Å²) in [6.45, 7) is 0. The quantitative estimate of drug-likeness (QED) is 0.498. The molecule has 1 aromatic heterocycles. The van der Waals surface area contributed by atoms with E-state index in [2.05, 4.69) is 21.3 Å². The number of urea groups is 1. The molecular formula is C25H30N4O2. The number of rotatable bonds is 5. The van der Waals surface area contributed by atoms with Crippen LogP contribution in [0.5, 0.6) is 5.75 Å². The zero-order valence-corrected chi connectivity index (χ0v) is 18.0. The first-order valence-electron chi connectivity index (χ1n) is 11.3. The summed E-state index contributed by atoms with van der Waals surface area (Å²) in [5.74, 6) is 0.838. The number of fused-ring (bicyclic) bond motifs is 1. The van der Waals surface area contributed by atoms with Crippen molar-refractivity contribution in [3.63, 3.8) is 0 Å². The molecule has 0 atom stereocenters. The van der Waals surface area contributed by atoms with Crippen LogP contribution in [0, 0.1) is 0 Å². The number of anilines is 2. The molecule has 0 radical (unpaired) electrons. The summed E-state index contributed by atoms with van der Waals surface area (Å²) in [4.78, 5) is 12.3. The number of ether oxygens (including phenoxy) is 1. The second kappa shape index (κ2) is 8.17. The molecule has 0 bridgehead atoms. The molecule has 162 valence electrons. The summed E-state index contributed by atoms with van der Waals surface area (Å²) in [6.07, 6.45) is 8.10. The Morgan fingerprint density at radius 3 is 2.42 bits per heavy atom. The van der Waals surface area contributed by atoms with Crippen molar-refractivity contribution in [1.82, 2.24) is 9.88 Å². The van der Waals surface area contributed by atoms with Crippen molar-refractivity contribution in [3.05, 3.63) is 42.5 Å². The van der Waals surface area contributed by atoms with E-state index in [0.29, 0.717) is 12.1 Å². The number of benzene rings is 2. The van der Waals surface area contributed by atoms with Crippen LogP contribution >= 0.6 is 0 Å². The fourth-order valence-corrected chi connectivity index (χ4v) is 4.90. The van der Waals surface area contributed by atoms with Crippen LogP contribution < -0.4 is 21.1 Å². The lowest BCUT2D eigenvalue weighted by atomic mass is 9.92. The molecule has 2 aromatic carbocycles. The highest BCUT2D eigenvalue weighted by molar-refractivity contribution is 6.02. The van der Waals surface area contributed by atoms with Gasteiger partial charge in [-0.1, -0.05) is 25.0 Å². The Kier molecular flexibility index (Phi) is 5.22. The largest absolute Gasteiger partial charge is 0.497 e. The fourth-order valence-electron chi connectivity index (χ4n) is 4.90. The van der Waals surface area contributed by atoms with E-state index in [-0.39, 0.29) is 6.03 Å². The number of nitrogens with two attached hydrogens (primary N) is 1. The van der Waals surface area contributed by atoms with E-state index >= 15 is 0 Å². The van der Waals surface area contributed by atoms with Crippen molar-refractivity contribution in [2.45, 2.75) is 57.0 Å². The van der Waals surface area contributed by atoms with E-state index in [1.54, 1.807) is 7.11 Å². The predicted molar refractivity (Wildman–Crippen MR) is 126 cm³/mol. The molecule has 2 aliphatic rings. The summed E-state index contributed by atoms with van der Waals surface area (Å²) in [5.41, 5.74) is 11.5. The fraction of sp³-hybridized carbons (Fsp3) is 0.400. The van der Waals surface area contributed by atoms with E-state index in [4.69, 9.17) is 10.5 Å². The molecule has 2 aliphatic carbocycles. The minimum Gasteiger partial charge on any atom is -0.497 e. The minimum atomic E-state index is -0.130. The third-order valence-corrected chi connectivity index (χ3v) is 6.80. The molecule has 0 saturated heterocycles. The van der Waals surface area contributed by atoms with Crippen molar-refractivity contribution in [3.8, 4) is 17.0 Å². The first-order valence-corrected chi connectivity index (χ1v) is 11.3. The second-order valence-electron chi connectivity index (χ2n) is 8.76. The molecule has 2 amide bonds. The van der Waals surface area contributed by atoms with Crippen LogP contribution in [0.4, 0.5) is 16.2 Å². The molecular weight excluding hydrogens is 388 g/mol. The summed E-state index contributed by atoms with van der Waals surface area (Å²) < 4.78 is 7.84. The predicted octanol–water partition coefficient (Wildman–Crippen LogP) is 5.69. The Morgan fingerprint density at radius 1 is 1.03 bits per heavy atom. The Hall–Kier alpha value is -3.15. The van der Waals surface area contributed by atoms with Crippen LogP contribution in [0.15, 0.2) is 42.5 Å². The van der Waals surface area contributed by atoms with E-state index in [1.807, 2.05) is 36.4 Å². The zero-order chi connectivity index (χ0) is 21.4. The molecule has 5 rings (SSSR count). The molecule has 6 heteroatoms. The Balaban J connectivity index is 1.44. The Bertz CT molecular complexity index is 1090. The van der Waals surface area contributed by atoms with Gasteiger partial charge in [0.1, 0.15) is 5.75 Å². The summed E-state index contributed by atoms with van der Waals surface area (Å²) >= 11 is 0. The van der Waals surface area contributed by atoms with Gasteiger partial charge in [0.15, 0.2) is 0 Å². The number of hydrogen-bond acceptors (Lipinski definition) is 3. The molecule has 4 N–H and O–H groups in total. The molecule has 0 aliphatic heterocycles. The van der Waals surface area contributed by atoms with Gasteiger partial charge in [0.2, 0.25) is 0 Å². The molecule has 3 aromatic rings. The molecule has 1 heterocycles. The number of carbonyl (C=O) groups excluding carboxylic acids is 1. The topological polar surface area (TPSA) is 81.3 Å². The average molecular weight is 419 g/mol. The Labute approximate surface area is 182 Å². The smallest absolute Gasteiger partial charge is 0.319 e. The monoisotopic (exact) mass is 418 g/mol. The lowest BCUT2D eigenvalue weighted by molar-refractivity contribution is 0.248. The van der Waals surface area contributed by atoms with Crippen LogP contribution in [0.1, 0.15) is 51.0 Å². The van der Waals surface area contributed by atoms with E-state index in [0.717, 1.165) is 65.0 Å². The van der Waals surface area contributed by atoms with Gasteiger partial charge in [-0.25, -0.2) is 4.79 Å². The number of hydrogen-bond donors (Lipinski definition) is 3. The molecule has 2 fully saturated rings. The van der Waals surface area contributed by atoms with E-state index < -0.39 is 0 Å². The first-order chi connectivity index (χ1) is 15.1. The van der Waals surface area contributed by atoms with Crippen LogP contribution in [0.25, 0.3) is 22.2 Å². The molecule has 6 nitrogen and oxygen atoms in total. The molecule has 31 heavy (non-hydrogen) atoms. The normalized spacial score (nSPS) is 16.9. The summed E-state index contributed by atoms with van der Waals surface area (Å²) in [5, 5.41) is 7.08. The van der Waals surface area contributed by atoms with Crippen molar-refractivity contribution < 1.29 is 9.53 Å². The number of aromatic nitrogens is 1. The maximum Gasteiger partial charge on any atom is 0.319 e. The van der Waals surface area contributed by atoms with Gasteiger partial charge >= 0.3 is 6.03 Å². The van der Waals surface area contributed by atoms with Gasteiger partial charge in [0.05, 0.1) is 24.0 Å². The van der Waals surface area contributed by atoms with Crippen LogP contribution in [0.2, 0.25) is 0 Å². The zero-order valence-electron chi connectivity index (χ0n) is 18.0. The number of carbonyl (C=O) groups is 1. The highest BCUT2D eigenvalue weighted by Gasteiger charge is 2.27. The highest BCUT2D eigenvalue weighted by atomic mass is 16.5. The van der Waals surface area contributed by atoms with Crippen molar-refractivity contribution in [2.75, 3.05) is 18.2 Å². The van der Waals surface area contributed by atoms with Gasteiger partial charge in [-0.05, 0) is 56.4 Å². The van der Waals surface area contributed by atoms with Gasteiger partial charge < -0.3 is 25.7 Å². The van der Waals surface area contributed by atoms with Crippen LogP contribution in [-0.4, -0.2) is 23.7 Å². The molecule has 2 saturated carbocycles. The molecule has 0 unspecified atom stereocenters. The standard InChI is InChI=1S/C25H30N4O2/c1-31-20-13-14-21-22(15-20)29(19-7-4-8-19)24(23(21)26)16-9-11-18(12-10-16)28-25(30)27-17-5-2-3-6-17/h9-15,17,19H,2-8,26H2,1H3,(H2,27,28,30). The van der Waals surface area contributed by atoms with Crippen molar-refractivity contribution in [2.24, 2.45) is 0 Å². The maximum absolute atomic E-state index is 12.3. The number of methoxy groups -OCH3 is 1.